The van der Waals surface area contributed by atoms with Gasteiger partial charge in [0.1, 0.15) is 17.2 Å². The summed E-state index contributed by atoms with van der Waals surface area (Å²) in [6, 6.07) is 62.1. The van der Waals surface area contributed by atoms with Crippen LogP contribution in [0.2, 0.25) is 0 Å². The van der Waals surface area contributed by atoms with Crippen molar-refractivity contribution in [2.75, 3.05) is 16.0 Å². The molecule has 3 aliphatic rings. The number of carbonyl (C=O) groups is 2. The third-order valence-corrected chi connectivity index (χ3v) is 12.5. The second-order valence-corrected chi connectivity index (χ2v) is 16.6. The fourth-order valence-corrected chi connectivity index (χ4v) is 9.90. The minimum Gasteiger partial charge on any atom is -0.362 e. The van der Waals surface area contributed by atoms with E-state index in [0.29, 0.717) is 41.8 Å². The maximum absolute atomic E-state index is 14.9. The van der Waals surface area contributed by atoms with Gasteiger partial charge in [-0.05, 0) is 50.7 Å². The van der Waals surface area contributed by atoms with Crippen LogP contribution in [-0.2, 0) is 35.3 Å². The van der Waals surface area contributed by atoms with Crippen molar-refractivity contribution < 1.29 is 9.59 Å². The summed E-state index contributed by atoms with van der Waals surface area (Å²) in [5.74, 6) is -1.30. The van der Waals surface area contributed by atoms with Gasteiger partial charge in [0.2, 0.25) is 0 Å². The second kappa shape index (κ2) is 14.2. The van der Waals surface area contributed by atoms with E-state index >= 15 is 0 Å². The lowest BCUT2D eigenvalue weighted by Crippen LogP contribution is -2.53. The fraction of sp³-hybridized carbons (Fsp3) is 0.130. The van der Waals surface area contributed by atoms with E-state index < -0.39 is 17.2 Å². The molecule has 60 heavy (non-hydrogen) atoms. The third kappa shape index (κ3) is 6.15. The Bertz CT molecular complexity index is 3010. The Labute approximate surface area is 348 Å². The van der Waals surface area contributed by atoms with Gasteiger partial charge in [0, 0.05) is 53.0 Å². The summed E-state index contributed by atoms with van der Waals surface area (Å²) in [6.45, 7) is 0. The molecule has 0 radical (unpaired) electrons. The zero-order valence-corrected chi connectivity index (χ0v) is 33.0. The first-order valence-electron chi connectivity index (χ1n) is 20.8. The highest BCUT2D eigenvalue weighted by molar-refractivity contribution is 6.59. The summed E-state index contributed by atoms with van der Waals surface area (Å²) < 4.78 is 0. The zero-order chi connectivity index (χ0) is 40.3. The SMILES string of the molecule is O=C1C(=c2ccc3cccc4c3c2=NC(Cc2ccccc2)(Cc2ccccc2)N4)C(=O)C1c1ccc2cccc3c2c1NC(Cc1ccccc1)(Cc1ccccc1)N3. The maximum atomic E-state index is 14.9. The van der Waals surface area contributed by atoms with E-state index in [9.17, 15) is 9.59 Å². The molecular formula is C54H42N4O2. The van der Waals surface area contributed by atoms with E-state index in [1.54, 1.807) is 0 Å². The molecule has 0 amide bonds. The smallest absolute Gasteiger partial charge is 0.182 e. The van der Waals surface area contributed by atoms with Crippen LogP contribution in [0.15, 0.2) is 187 Å². The Hall–Kier alpha value is -7.31. The van der Waals surface area contributed by atoms with Crippen molar-refractivity contribution in [3.8, 4) is 0 Å². The summed E-state index contributed by atoms with van der Waals surface area (Å²) >= 11 is 0. The quantitative estimate of drug-likeness (QED) is 0.127. The van der Waals surface area contributed by atoms with Crippen LogP contribution in [0, 0.1) is 0 Å². The van der Waals surface area contributed by atoms with E-state index in [1.165, 1.54) is 11.1 Å². The molecular weight excluding hydrogens is 737 g/mol. The molecule has 2 heterocycles. The van der Waals surface area contributed by atoms with Crippen molar-refractivity contribution in [2.24, 2.45) is 4.99 Å². The molecule has 0 aromatic heterocycles. The van der Waals surface area contributed by atoms with Crippen molar-refractivity contribution >= 4 is 55.7 Å². The summed E-state index contributed by atoms with van der Waals surface area (Å²) in [4.78, 5) is 35.4. The first kappa shape index (κ1) is 35.8. The minimum atomic E-state index is -0.942. The average Bonchev–Trinajstić information content (AvgIpc) is 3.27. The number of hydrogen-bond acceptors (Lipinski definition) is 6. The molecule has 8 aromatic rings. The number of nitrogens with zero attached hydrogens (tertiary/aromatic N) is 1. The van der Waals surface area contributed by atoms with Gasteiger partial charge in [-0.3, -0.25) is 14.6 Å². The van der Waals surface area contributed by atoms with Crippen LogP contribution in [0.5, 0.6) is 0 Å². The molecule has 3 N–H and O–H groups in total. The number of Topliss-reactive ketones (excluding diaryl/α,β-unsaturated/α-hetero) is 2. The van der Waals surface area contributed by atoms with Gasteiger partial charge >= 0.3 is 0 Å². The van der Waals surface area contributed by atoms with Crippen molar-refractivity contribution in [1.29, 1.82) is 0 Å². The van der Waals surface area contributed by atoms with Crippen molar-refractivity contribution in [2.45, 2.75) is 42.9 Å². The monoisotopic (exact) mass is 778 g/mol. The fourth-order valence-electron chi connectivity index (χ4n) is 9.90. The van der Waals surface area contributed by atoms with Crippen molar-refractivity contribution in [3.05, 3.63) is 220 Å². The number of ketones is 2. The summed E-state index contributed by atoms with van der Waals surface area (Å²) in [5.41, 5.74) is 6.89. The molecule has 0 spiro atoms. The molecule has 290 valence electrons. The van der Waals surface area contributed by atoms with E-state index in [0.717, 1.165) is 49.7 Å². The number of rotatable bonds is 9. The molecule has 1 fully saturated rings. The van der Waals surface area contributed by atoms with Gasteiger partial charge in [-0.25, -0.2) is 0 Å². The van der Waals surface area contributed by atoms with E-state index in [2.05, 4.69) is 149 Å². The van der Waals surface area contributed by atoms with Gasteiger partial charge in [0.05, 0.1) is 16.6 Å². The summed E-state index contributed by atoms with van der Waals surface area (Å²) in [7, 11) is 0. The lowest BCUT2D eigenvalue weighted by Gasteiger charge is -2.43. The number of anilines is 3. The zero-order valence-electron chi connectivity index (χ0n) is 33.0. The molecule has 2 aliphatic heterocycles. The molecule has 6 nitrogen and oxygen atoms in total. The summed E-state index contributed by atoms with van der Waals surface area (Å²) in [6.07, 6.45) is 2.57. The summed E-state index contributed by atoms with van der Waals surface area (Å²) in [5, 5.41) is 17.0. The maximum Gasteiger partial charge on any atom is 0.182 e. The highest BCUT2D eigenvalue weighted by atomic mass is 16.2. The molecule has 6 heteroatoms. The highest BCUT2D eigenvalue weighted by Gasteiger charge is 2.48. The standard InChI is InChI=1S/C54H42N4O2/c59-51-47(41-29-27-39-23-13-25-43-45(39)49(41)57-53(55-43,31-35-15-5-1-6-16-35)32-36-17-7-2-8-18-36)52(60)48(51)42-30-28-40-24-14-26-44-46(40)50(42)58-54(56-44,33-37-19-9-3-10-20-37)34-38-21-11-4-12-22-38/h1-30,47,55-57H,31-34H2. The number of benzene rings is 8. The Kier molecular flexibility index (Phi) is 8.48. The first-order chi connectivity index (χ1) is 29.4. The topological polar surface area (TPSA) is 82.6 Å². The van der Waals surface area contributed by atoms with Gasteiger partial charge < -0.3 is 16.0 Å². The number of hydrogen-bond donors (Lipinski definition) is 3. The molecule has 11 rings (SSSR count). The number of carbonyl (C=O) groups excluding carboxylic acids is 2. The molecule has 1 saturated carbocycles. The van der Waals surface area contributed by atoms with Crippen LogP contribution < -0.4 is 26.5 Å². The van der Waals surface area contributed by atoms with Crippen molar-refractivity contribution in [1.82, 2.24) is 0 Å². The second-order valence-electron chi connectivity index (χ2n) is 16.6. The van der Waals surface area contributed by atoms with Crippen LogP contribution >= 0.6 is 0 Å². The van der Waals surface area contributed by atoms with Gasteiger partial charge in [-0.15, -0.1) is 0 Å². The number of nitrogens with one attached hydrogen (secondary N) is 3. The molecule has 0 unspecified atom stereocenters. The van der Waals surface area contributed by atoms with E-state index in [1.807, 2.05) is 48.5 Å². The lowest BCUT2D eigenvalue weighted by molar-refractivity contribution is -0.129. The van der Waals surface area contributed by atoms with Gasteiger partial charge in [-0.1, -0.05) is 170 Å². The van der Waals surface area contributed by atoms with Gasteiger partial charge in [0.15, 0.2) is 11.6 Å². The lowest BCUT2D eigenvalue weighted by atomic mass is 9.70. The predicted octanol–water partition coefficient (Wildman–Crippen LogP) is 9.33. The van der Waals surface area contributed by atoms with E-state index in [4.69, 9.17) is 4.99 Å². The normalized spacial score (nSPS) is 16.9. The molecule has 8 aromatic carbocycles. The van der Waals surface area contributed by atoms with Crippen LogP contribution in [0.4, 0.5) is 17.1 Å². The van der Waals surface area contributed by atoms with Gasteiger partial charge in [0.25, 0.3) is 0 Å². The van der Waals surface area contributed by atoms with Crippen LogP contribution in [0.3, 0.4) is 0 Å². The Morgan fingerprint density at radius 3 is 1.48 bits per heavy atom. The van der Waals surface area contributed by atoms with E-state index in [-0.39, 0.29) is 17.1 Å². The molecule has 1 aliphatic carbocycles. The Morgan fingerprint density at radius 2 is 0.933 bits per heavy atom. The Balaban J connectivity index is 1.06. The van der Waals surface area contributed by atoms with Crippen LogP contribution in [-0.4, -0.2) is 22.9 Å². The first-order valence-corrected chi connectivity index (χ1v) is 20.8. The molecule has 0 bridgehead atoms. The molecule has 0 saturated heterocycles. The highest BCUT2D eigenvalue weighted by Crippen LogP contribution is 2.47. The van der Waals surface area contributed by atoms with Crippen LogP contribution in [0.1, 0.15) is 33.7 Å². The average molecular weight is 779 g/mol. The largest absolute Gasteiger partial charge is 0.362 e. The predicted molar refractivity (Wildman–Crippen MR) is 242 cm³/mol. The van der Waals surface area contributed by atoms with Crippen LogP contribution in [0.25, 0.3) is 27.1 Å². The Morgan fingerprint density at radius 1 is 0.450 bits per heavy atom. The molecule has 0 atom stereocenters. The van der Waals surface area contributed by atoms with Crippen molar-refractivity contribution in [3.63, 3.8) is 0 Å². The minimum absolute atomic E-state index is 0.177. The van der Waals surface area contributed by atoms with Gasteiger partial charge in [-0.2, -0.15) is 0 Å². The third-order valence-electron chi connectivity index (χ3n) is 12.5.